The Morgan fingerprint density at radius 2 is 2.40 bits per heavy atom. The standard InChI is InChI=1S/C10H11N3O2/c1-6-12-8-3-2-7(4-9(8)15-6)5-10(14)13-11/h2-4H,5,11H2,1H3,(H,13,14). The molecule has 3 N–H and O–H groups in total. The summed E-state index contributed by atoms with van der Waals surface area (Å²) in [5.74, 6) is 5.39. The number of nitrogens with zero attached hydrogens (tertiary/aromatic N) is 1. The highest BCUT2D eigenvalue weighted by molar-refractivity contribution is 5.80. The number of benzene rings is 1. The predicted molar refractivity (Wildman–Crippen MR) is 54.8 cm³/mol. The molecule has 0 atom stereocenters. The lowest BCUT2D eigenvalue weighted by atomic mass is 10.1. The number of rotatable bonds is 2. The van der Waals surface area contributed by atoms with Crippen LogP contribution in [0.1, 0.15) is 11.5 Å². The van der Waals surface area contributed by atoms with E-state index in [1.165, 1.54) is 0 Å². The van der Waals surface area contributed by atoms with Gasteiger partial charge in [0.2, 0.25) is 5.91 Å². The van der Waals surface area contributed by atoms with E-state index in [0.717, 1.165) is 11.1 Å². The van der Waals surface area contributed by atoms with Crippen molar-refractivity contribution in [3.63, 3.8) is 0 Å². The fourth-order valence-corrected chi connectivity index (χ4v) is 1.43. The fourth-order valence-electron chi connectivity index (χ4n) is 1.43. The lowest BCUT2D eigenvalue weighted by Gasteiger charge is -1.98. The zero-order valence-corrected chi connectivity index (χ0v) is 8.28. The van der Waals surface area contributed by atoms with Crippen molar-refractivity contribution in [2.24, 2.45) is 5.84 Å². The van der Waals surface area contributed by atoms with Crippen molar-refractivity contribution in [3.05, 3.63) is 29.7 Å². The molecule has 78 valence electrons. The molecule has 0 saturated heterocycles. The first kappa shape index (κ1) is 9.67. The maximum Gasteiger partial charge on any atom is 0.238 e. The third-order valence-corrected chi connectivity index (χ3v) is 2.09. The molecule has 5 nitrogen and oxygen atoms in total. The molecule has 2 aromatic rings. The van der Waals surface area contributed by atoms with Crippen LogP contribution in [-0.4, -0.2) is 10.9 Å². The van der Waals surface area contributed by atoms with Gasteiger partial charge in [0.1, 0.15) is 5.52 Å². The molecule has 0 spiro atoms. The molecule has 2 rings (SSSR count). The lowest BCUT2D eigenvalue weighted by molar-refractivity contribution is -0.120. The molecule has 0 aliphatic carbocycles. The number of hydrogen-bond acceptors (Lipinski definition) is 4. The molecule has 0 aliphatic rings. The van der Waals surface area contributed by atoms with Crippen LogP contribution in [0, 0.1) is 6.92 Å². The summed E-state index contributed by atoms with van der Waals surface area (Å²) in [5.41, 5.74) is 4.42. The summed E-state index contributed by atoms with van der Waals surface area (Å²) in [7, 11) is 0. The zero-order chi connectivity index (χ0) is 10.8. The number of hydrogen-bond donors (Lipinski definition) is 2. The summed E-state index contributed by atoms with van der Waals surface area (Å²) in [6, 6.07) is 5.45. The van der Waals surface area contributed by atoms with Gasteiger partial charge >= 0.3 is 0 Å². The zero-order valence-electron chi connectivity index (χ0n) is 8.28. The largest absolute Gasteiger partial charge is 0.441 e. The third kappa shape index (κ3) is 1.97. The summed E-state index contributed by atoms with van der Waals surface area (Å²) >= 11 is 0. The van der Waals surface area contributed by atoms with Gasteiger partial charge in [0.25, 0.3) is 0 Å². The number of carbonyl (C=O) groups is 1. The molecule has 1 amide bonds. The first-order valence-electron chi connectivity index (χ1n) is 4.54. The maximum atomic E-state index is 11.0. The second-order valence-corrected chi connectivity index (χ2v) is 3.28. The normalized spacial score (nSPS) is 10.5. The van der Waals surface area contributed by atoms with E-state index in [2.05, 4.69) is 10.4 Å². The van der Waals surface area contributed by atoms with Gasteiger partial charge in [-0.25, -0.2) is 10.8 Å². The number of fused-ring (bicyclic) bond motifs is 1. The first-order chi connectivity index (χ1) is 7.19. The number of hydrazine groups is 1. The van der Waals surface area contributed by atoms with Crippen LogP contribution in [0.5, 0.6) is 0 Å². The highest BCUT2D eigenvalue weighted by Crippen LogP contribution is 2.16. The van der Waals surface area contributed by atoms with Gasteiger partial charge in [0.05, 0.1) is 6.42 Å². The second kappa shape index (κ2) is 3.70. The van der Waals surface area contributed by atoms with Crippen molar-refractivity contribution in [1.82, 2.24) is 10.4 Å². The van der Waals surface area contributed by atoms with Gasteiger partial charge in [-0.1, -0.05) is 6.07 Å². The van der Waals surface area contributed by atoms with Gasteiger partial charge in [-0.15, -0.1) is 0 Å². The van der Waals surface area contributed by atoms with Gasteiger partial charge in [-0.2, -0.15) is 0 Å². The van der Waals surface area contributed by atoms with Crippen LogP contribution in [-0.2, 0) is 11.2 Å². The van der Waals surface area contributed by atoms with Crippen LogP contribution in [0.3, 0.4) is 0 Å². The quantitative estimate of drug-likeness (QED) is 0.429. The van der Waals surface area contributed by atoms with Crippen molar-refractivity contribution in [1.29, 1.82) is 0 Å². The third-order valence-electron chi connectivity index (χ3n) is 2.09. The number of oxazole rings is 1. The molecule has 1 aromatic heterocycles. The van der Waals surface area contributed by atoms with Crippen molar-refractivity contribution in [2.45, 2.75) is 13.3 Å². The lowest BCUT2D eigenvalue weighted by Crippen LogP contribution is -2.31. The Kier molecular flexibility index (Phi) is 2.39. The monoisotopic (exact) mass is 205 g/mol. The Morgan fingerprint density at radius 1 is 1.60 bits per heavy atom. The Hall–Kier alpha value is -1.88. The van der Waals surface area contributed by atoms with E-state index in [4.69, 9.17) is 10.3 Å². The van der Waals surface area contributed by atoms with Crippen molar-refractivity contribution >= 4 is 17.0 Å². The van der Waals surface area contributed by atoms with Crippen molar-refractivity contribution in [3.8, 4) is 0 Å². The van der Waals surface area contributed by atoms with Crippen LogP contribution in [0.2, 0.25) is 0 Å². The minimum atomic E-state index is -0.231. The minimum absolute atomic E-state index is 0.231. The highest BCUT2D eigenvalue weighted by atomic mass is 16.3. The minimum Gasteiger partial charge on any atom is -0.441 e. The van der Waals surface area contributed by atoms with E-state index < -0.39 is 0 Å². The summed E-state index contributed by atoms with van der Waals surface area (Å²) < 4.78 is 5.35. The Balaban J connectivity index is 2.33. The SMILES string of the molecule is Cc1nc2ccc(CC(=O)NN)cc2o1. The fraction of sp³-hybridized carbons (Fsp3) is 0.200. The molecule has 0 saturated carbocycles. The Labute approximate surface area is 86.2 Å². The summed E-state index contributed by atoms with van der Waals surface area (Å²) in [6.07, 6.45) is 0.242. The van der Waals surface area contributed by atoms with Gasteiger partial charge in [0, 0.05) is 6.92 Å². The number of carbonyl (C=O) groups excluding carboxylic acids is 1. The average molecular weight is 205 g/mol. The molecule has 15 heavy (non-hydrogen) atoms. The molecule has 0 aliphatic heterocycles. The Morgan fingerprint density at radius 3 is 3.13 bits per heavy atom. The van der Waals surface area contributed by atoms with Crippen LogP contribution >= 0.6 is 0 Å². The number of aromatic nitrogens is 1. The van der Waals surface area contributed by atoms with E-state index in [0.29, 0.717) is 11.5 Å². The van der Waals surface area contributed by atoms with Crippen LogP contribution in [0.15, 0.2) is 22.6 Å². The van der Waals surface area contributed by atoms with Crippen LogP contribution in [0.4, 0.5) is 0 Å². The van der Waals surface area contributed by atoms with Crippen LogP contribution < -0.4 is 11.3 Å². The van der Waals surface area contributed by atoms with E-state index in [1.807, 2.05) is 12.1 Å². The maximum absolute atomic E-state index is 11.0. The number of aryl methyl sites for hydroxylation is 1. The average Bonchev–Trinajstić information content (AvgIpc) is 2.57. The number of nitrogens with two attached hydrogens (primary N) is 1. The van der Waals surface area contributed by atoms with E-state index in [1.54, 1.807) is 13.0 Å². The van der Waals surface area contributed by atoms with Gasteiger partial charge in [0.15, 0.2) is 11.5 Å². The first-order valence-corrected chi connectivity index (χ1v) is 4.54. The van der Waals surface area contributed by atoms with Gasteiger partial charge < -0.3 is 4.42 Å². The van der Waals surface area contributed by atoms with E-state index in [-0.39, 0.29) is 12.3 Å². The number of amides is 1. The Bertz CT molecular complexity index is 504. The van der Waals surface area contributed by atoms with E-state index >= 15 is 0 Å². The molecular weight excluding hydrogens is 194 g/mol. The summed E-state index contributed by atoms with van der Waals surface area (Å²) in [4.78, 5) is 15.2. The van der Waals surface area contributed by atoms with Crippen molar-refractivity contribution < 1.29 is 9.21 Å². The summed E-state index contributed by atoms with van der Waals surface area (Å²) in [6.45, 7) is 1.78. The molecule has 0 unspecified atom stereocenters. The van der Waals surface area contributed by atoms with Crippen LogP contribution in [0.25, 0.3) is 11.1 Å². The smallest absolute Gasteiger partial charge is 0.238 e. The molecule has 1 aromatic carbocycles. The van der Waals surface area contributed by atoms with Gasteiger partial charge in [-0.3, -0.25) is 10.2 Å². The predicted octanol–water partition coefficient (Wildman–Crippen LogP) is 0.669. The highest BCUT2D eigenvalue weighted by Gasteiger charge is 2.05. The molecule has 1 heterocycles. The second-order valence-electron chi connectivity index (χ2n) is 3.28. The van der Waals surface area contributed by atoms with E-state index in [9.17, 15) is 4.79 Å². The molecule has 0 fully saturated rings. The molecule has 5 heteroatoms. The summed E-state index contributed by atoms with van der Waals surface area (Å²) in [5, 5.41) is 0. The molecular formula is C10H11N3O2. The topological polar surface area (TPSA) is 81.2 Å². The van der Waals surface area contributed by atoms with Crippen molar-refractivity contribution in [2.75, 3.05) is 0 Å². The number of nitrogens with one attached hydrogen (secondary N) is 1. The van der Waals surface area contributed by atoms with Gasteiger partial charge in [-0.05, 0) is 17.7 Å². The molecule has 0 radical (unpaired) electrons. The molecule has 0 bridgehead atoms.